The molecule has 0 aliphatic carbocycles. The van der Waals surface area contributed by atoms with E-state index in [2.05, 4.69) is 20.8 Å². The van der Waals surface area contributed by atoms with Crippen LogP contribution in [0.1, 0.15) is 12.8 Å². The highest BCUT2D eigenvalue weighted by molar-refractivity contribution is 6.44. The molecule has 0 saturated heterocycles. The third-order valence-corrected chi connectivity index (χ3v) is 3.30. The van der Waals surface area contributed by atoms with Crippen molar-refractivity contribution in [3.05, 3.63) is 35.5 Å². The summed E-state index contributed by atoms with van der Waals surface area (Å²) in [7, 11) is 0. The van der Waals surface area contributed by atoms with Gasteiger partial charge in [-0.2, -0.15) is 5.10 Å². The van der Waals surface area contributed by atoms with Crippen LogP contribution in [0.3, 0.4) is 0 Å². The number of fused-ring (bicyclic) bond motifs is 1. The fraction of sp³-hybridized carbons (Fsp3) is 0.143. The van der Waals surface area contributed by atoms with Gasteiger partial charge in [0, 0.05) is 29.4 Å². The summed E-state index contributed by atoms with van der Waals surface area (Å²) in [5.41, 5.74) is 3.74. The van der Waals surface area contributed by atoms with E-state index in [0.29, 0.717) is 22.6 Å². The van der Waals surface area contributed by atoms with Gasteiger partial charge in [-0.05, 0) is 18.2 Å². The van der Waals surface area contributed by atoms with Crippen molar-refractivity contribution in [3.63, 3.8) is 0 Å². The first kappa shape index (κ1) is 13.5. The van der Waals surface area contributed by atoms with E-state index >= 15 is 0 Å². The predicted molar refractivity (Wildman–Crippen MR) is 80.2 cm³/mol. The van der Waals surface area contributed by atoms with Crippen LogP contribution >= 0.6 is 11.6 Å². The van der Waals surface area contributed by atoms with Gasteiger partial charge in [-0.25, -0.2) is 5.43 Å². The molecule has 21 heavy (non-hydrogen) atoms. The summed E-state index contributed by atoms with van der Waals surface area (Å²) in [5.74, 6) is -0.564. The Morgan fingerprint density at radius 3 is 2.95 bits per heavy atom. The molecule has 1 aliphatic rings. The van der Waals surface area contributed by atoms with E-state index in [1.54, 1.807) is 24.4 Å². The van der Waals surface area contributed by atoms with Crippen molar-refractivity contribution in [2.24, 2.45) is 5.10 Å². The topological polar surface area (TPSA) is 83.5 Å². The van der Waals surface area contributed by atoms with Crippen LogP contribution in [-0.4, -0.2) is 22.5 Å². The van der Waals surface area contributed by atoms with Crippen molar-refractivity contribution in [3.8, 4) is 0 Å². The molecule has 7 heteroatoms. The number of nitrogens with zero attached hydrogens (tertiary/aromatic N) is 2. The van der Waals surface area contributed by atoms with Gasteiger partial charge < -0.3 is 5.32 Å². The van der Waals surface area contributed by atoms with Gasteiger partial charge in [0.15, 0.2) is 0 Å². The van der Waals surface area contributed by atoms with E-state index in [1.807, 2.05) is 6.07 Å². The molecular formula is C14H11ClN4O2. The van der Waals surface area contributed by atoms with E-state index in [0.717, 1.165) is 5.39 Å². The second-order valence-corrected chi connectivity index (χ2v) is 5.01. The second-order valence-electron chi connectivity index (χ2n) is 4.58. The molecule has 0 spiro atoms. The Morgan fingerprint density at radius 2 is 2.19 bits per heavy atom. The van der Waals surface area contributed by atoms with Crippen LogP contribution in [-0.2, 0) is 9.59 Å². The number of benzene rings is 1. The average Bonchev–Trinajstić information content (AvgIpc) is 2.47. The fourth-order valence-electron chi connectivity index (χ4n) is 2.08. The molecule has 0 atom stereocenters. The van der Waals surface area contributed by atoms with E-state index in [9.17, 15) is 9.59 Å². The highest BCUT2D eigenvalue weighted by Gasteiger charge is 2.19. The Bertz CT molecular complexity index is 773. The average molecular weight is 303 g/mol. The zero-order valence-corrected chi connectivity index (χ0v) is 11.6. The Kier molecular flexibility index (Phi) is 3.53. The number of aromatic nitrogens is 1. The molecule has 6 nitrogen and oxygen atoms in total. The van der Waals surface area contributed by atoms with Crippen LogP contribution in [0.2, 0.25) is 5.02 Å². The standard InChI is InChI=1S/C14H11ClN4O2/c15-9-6-8-2-1-5-16-13(8)11(7-9)17-14(21)10-3-4-12(20)19-18-10/h1-2,5-7H,3-4H2,(H,17,21)(H,19,20). The Hall–Kier alpha value is -2.47. The van der Waals surface area contributed by atoms with E-state index in [-0.39, 0.29) is 23.9 Å². The first-order chi connectivity index (χ1) is 10.1. The summed E-state index contributed by atoms with van der Waals surface area (Å²) in [6.45, 7) is 0. The number of carbonyl (C=O) groups is 2. The van der Waals surface area contributed by atoms with Gasteiger partial charge in [0.25, 0.3) is 5.91 Å². The van der Waals surface area contributed by atoms with Gasteiger partial charge >= 0.3 is 0 Å². The maximum atomic E-state index is 12.2. The van der Waals surface area contributed by atoms with Crippen LogP contribution in [0.5, 0.6) is 0 Å². The van der Waals surface area contributed by atoms with Crippen LogP contribution in [0, 0.1) is 0 Å². The number of hydrazone groups is 1. The third kappa shape index (κ3) is 2.85. The third-order valence-electron chi connectivity index (χ3n) is 3.08. The molecule has 0 radical (unpaired) electrons. The number of hydrogen-bond donors (Lipinski definition) is 2. The molecule has 2 amide bonds. The lowest BCUT2D eigenvalue weighted by molar-refractivity contribution is -0.121. The van der Waals surface area contributed by atoms with Crippen molar-refractivity contribution in [1.29, 1.82) is 0 Å². The maximum absolute atomic E-state index is 12.2. The molecular weight excluding hydrogens is 292 g/mol. The largest absolute Gasteiger partial charge is 0.319 e. The number of amides is 2. The first-order valence-electron chi connectivity index (χ1n) is 6.34. The summed E-state index contributed by atoms with van der Waals surface area (Å²) >= 11 is 6.05. The zero-order chi connectivity index (χ0) is 14.8. The summed E-state index contributed by atoms with van der Waals surface area (Å²) in [4.78, 5) is 27.4. The van der Waals surface area contributed by atoms with E-state index < -0.39 is 0 Å². The summed E-state index contributed by atoms with van der Waals surface area (Å²) < 4.78 is 0. The molecule has 1 aromatic carbocycles. The lowest BCUT2D eigenvalue weighted by Gasteiger charge is -2.13. The van der Waals surface area contributed by atoms with Crippen LogP contribution in [0.25, 0.3) is 10.9 Å². The lowest BCUT2D eigenvalue weighted by atomic mass is 10.1. The number of pyridine rings is 1. The molecule has 0 bridgehead atoms. The predicted octanol–water partition coefficient (Wildman–Crippen LogP) is 2.09. The fourth-order valence-corrected chi connectivity index (χ4v) is 2.31. The molecule has 1 aromatic heterocycles. The van der Waals surface area contributed by atoms with Crippen molar-refractivity contribution in [1.82, 2.24) is 10.4 Å². The van der Waals surface area contributed by atoms with Gasteiger partial charge in [-0.1, -0.05) is 17.7 Å². The molecule has 106 valence electrons. The van der Waals surface area contributed by atoms with Crippen LogP contribution in [0.4, 0.5) is 5.69 Å². The SMILES string of the molecule is O=C1CCC(C(=O)Nc2cc(Cl)cc3cccnc23)=NN1. The number of rotatable bonds is 2. The highest BCUT2D eigenvalue weighted by atomic mass is 35.5. The van der Waals surface area contributed by atoms with Crippen LogP contribution < -0.4 is 10.7 Å². The second kappa shape index (κ2) is 5.49. The summed E-state index contributed by atoms with van der Waals surface area (Å²) in [6, 6.07) is 7.07. The molecule has 0 unspecified atom stereocenters. The maximum Gasteiger partial charge on any atom is 0.271 e. The molecule has 1 aliphatic heterocycles. The number of halogens is 1. The Morgan fingerprint density at radius 1 is 1.33 bits per heavy atom. The zero-order valence-electron chi connectivity index (χ0n) is 10.9. The van der Waals surface area contributed by atoms with Gasteiger partial charge in [0.1, 0.15) is 5.71 Å². The van der Waals surface area contributed by atoms with E-state index in [4.69, 9.17) is 11.6 Å². The van der Waals surface area contributed by atoms with Gasteiger partial charge in [0.2, 0.25) is 5.91 Å². The first-order valence-corrected chi connectivity index (χ1v) is 6.72. The molecule has 0 fully saturated rings. The minimum absolute atomic E-state index is 0.193. The van der Waals surface area contributed by atoms with Crippen molar-refractivity contribution in [2.45, 2.75) is 12.8 Å². The smallest absolute Gasteiger partial charge is 0.271 e. The van der Waals surface area contributed by atoms with Gasteiger partial charge in [-0.3, -0.25) is 14.6 Å². The minimum atomic E-state index is -0.371. The monoisotopic (exact) mass is 302 g/mol. The van der Waals surface area contributed by atoms with Crippen molar-refractivity contribution < 1.29 is 9.59 Å². The lowest BCUT2D eigenvalue weighted by Crippen LogP contribution is -2.32. The normalized spacial score (nSPS) is 14.5. The number of carbonyl (C=O) groups excluding carboxylic acids is 2. The van der Waals surface area contributed by atoms with Crippen molar-refractivity contribution >= 4 is 45.7 Å². The summed E-state index contributed by atoms with van der Waals surface area (Å²) in [6.07, 6.45) is 2.20. The Labute approximate surface area is 125 Å². The van der Waals surface area contributed by atoms with E-state index in [1.165, 1.54) is 0 Å². The highest BCUT2D eigenvalue weighted by Crippen LogP contribution is 2.26. The summed E-state index contributed by atoms with van der Waals surface area (Å²) in [5, 5.41) is 7.84. The molecule has 0 saturated carbocycles. The van der Waals surface area contributed by atoms with Crippen molar-refractivity contribution in [2.75, 3.05) is 5.32 Å². The molecule has 2 heterocycles. The minimum Gasteiger partial charge on any atom is -0.319 e. The number of anilines is 1. The van der Waals surface area contributed by atoms with Gasteiger partial charge in [0.05, 0.1) is 11.2 Å². The Balaban J connectivity index is 1.91. The quantitative estimate of drug-likeness (QED) is 0.891. The molecule has 3 rings (SSSR count). The van der Waals surface area contributed by atoms with Gasteiger partial charge in [-0.15, -0.1) is 0 Å². The molecule has 2 aromatic rings. The number of nitrogens with one attached hydrogen (secondary N) is 2. The van der Waals surface area contributed by atoms with Crippen LogP contribution in [0.15, 0.2) is 35.6 Å². The molecule has 2 N–H and O–H groups in total. The number of hydrogen-bond acceptors (Lipinski definition) is 4.